The number of carbonyl (C=O) groups is 1. The van der Waals surface area contributed by atoms with E-state index in [4.69, 9.17) is 10.5 Å². The average molecular weight is 226 g/mol. The van der Waals surface area contributed by atoms with Crippen molar-refractivity contribution in [1.29, 1.82) is 0 Å². The molecule has 0 fully saturated rings. The summed E-state index contributed by atoms with van der Waals surface area (Å²) >= 11 is 0. The van der Waals surface area contributed by atoms with Gasteiger partial charge in [0.15, 0.2) is 0 Å². The molecule has 1 aromatic heterocycles. The van der Waals surface area contributed by atoms with Gasteiger partial charge in [-0.15, -0.1) is 0 Å². The van der Waals surface area contributed by atoms with E-state index in [2.05, 4.69) is 10.4 Å². The van der Waals surface area contributed by atoms with E-state index in [-0.39, 0.29) is 0 Å². The van der Waals surface area contributed by atoms with E-state index in [1.165, 1.54) is 0 Å². The highest BCUT2D eigenvalue weighted by atomic mass is 16.6. The SMILES string of the molecule is Cn1cc(CNC(=O)OC(C)(C)C)c(N)n1. The van der Waals surface area contributed by atoms with Crippen LogP contribution < -0.4 is 11.1 Å². The van der Waals surface area contributed by atoms with Gasteiger partial charge in [-0.2, -0.15) is 5.10 Å². The molecule has 1 rings (SSSR count). The van der Waals surface area contributed by atoms with Crippen LogP contribution in [0.15, 0.2) is 6.20 Å². The minimum absolute atomic E-state index is 0.314. The molecule has 1 amide bonds. The fourth-order valence-corrected chi connectivity index (χ4v) is 1.17. The van der Waals surface area contributed by atoms with Gasteiger partial charge in [-0.3, -0.25) is 4.68 Å². The number of nitrogens with zero attached hydrogens (tertiary/aromatic N) is 2. The molecule has 0 spiro atoms. The lowest BCUT2D eigenvalue weighted by Crippen LogP contribution is -2.32. The first-order valence-electron chi connectivity index (χ1n) is 5.03. The first-order valence-corrected chi connectivity index (χ1v) is 5.03. The molecule has 0 atom stereocenters. The van der Waals surface area contributed by atoms with E-state index in [1.807, 2.05) is 20.8 Å². The summed E-state index contributed by atoms with van der Waals surface area (Å²) < 4.78 is 6.69. The van der Waals surface area contributed by atoms with Crippen molar-refractivity contribution in [3.63, 3.8) is 0 Å². The van der Waals surface area contributed by atoms with Crippen molar-refractivity contribution in [3.8, 4) is 0 Å². The number of nitrogen functional groups attached to an aromatic ring is 1. The average Bonchev–Trinajstić information content (AvgIpc) is 2.38. The lowest BCUT2D eigenvalue weighted by atomic mass is 10.2. The summed E-state index contributed by atoms with van der Waals surface area (Å²) in [6, 6.07) is 0. The van der Waals surface area contributed by atoms with Crippen molar-refractivity contribution in [2.75, 3.05) is 5.73 Å². The molecule has 1 heterocycles. The smallest absolute Gasteiger partial charge is 0.407 e. The molecule has 90 valence electrons. The molecule has 6 nitrogen and oxygen atoms in total. The summed E-state index contributed by atoms with van der Waals surface area (Å²) in [4.78, 5) is 11.3. The lowest BCUT2D eigenvalue weighted by molar-refractivity contribution is 0.0523. The van der Waals surface area contributed by atoms with Crippen molar-refractivity contribution >= 4 is 11.9 Å². The van der Waals surface area contributed by atoms with Crippen molar-refractivity contribution in [3.05, 3.63) is 11.8 Å². The predicted molar refractivity (Wildman–Crippen MR) is 60.7 cm³/mol. The molecule has 0 saturated carbocycles. The summed E-state index contributed by atoms with van der Waals surface area (Å²) in [7, 11) is 1.77. The van der Waals surface area contributed by atoms with Crippen LogP contribution in [-0.4, -0.2) is 21.5 Å². The highest BCUT2D eigenvalue weighted by molar-refractivity contribution is 5.67. The summed E-state index contributed by atoms with van der Waals surface area (Å²) in [6.07, 6.45) is 1.29. The van der Waals surface area contributed by atoms with E-state index in [0.717, 1.165) is 5.56 Å². The summed E-state index contributed by atoms with van der Waals surface area (Å²) in [6.45, 7) is 5.75. The van der Waals surface area contributed by atoms with Gasteiger partial charge in [-0.1, -0.05) is 0 Å². The third-order valence-electron chi connectivity index (χ3n) is 1.76. The number of hydrogen-bond donors (Lipinski definition) is 2. The van der Waals surface area contributed by atoms with E-state index >= 15 is 0 Å². The Bertz CT molecular complexity index is 379. The maximum atomic E-state index is 11.3. The van der Waals surface area contributed by atoms with Gasteiger partial charge in [-0.25, -0.2) is 4.79 Å². The first kappa shape index (κ1) is 12.4. The zero-order valence-electron chi connectivity index (χ0n) is 10.1. The fraction of sp³-hybridized carbons (Fsp3) is 0.600. The molecule has 0 saturated heterocycles. The predicted octanol–water partition coefficient (Wildman–Crippen LogP) is 1.03. The standard InChI is InChI=1S/C10H18N4O2/c1-10(2,3)16-9(15)12-5-7-6-14(4)13-8(7)11/h6H,5H2,1-4H3,(H2,11,13)(H,12,15). The molecule has 0 radical (unpaired) electrons. The van der Waals surface area contributed by atoms with Gasteiger partial charge in [0, 0.05) is 18.8 Å². The monoisotopic (exact) mass is 226 g/mol. The molecule has 6 heteroatoms. The number of hydrogen-bond acceptors (Lipinski definition) is 4. The molecule has 3 N–H and O–H groups in total. The van der Waals surface area contributed by atoms with Crippen LogP contribution in [0.3, 0.4) is 0 Å². The molecular formula is C10H18N4O2. The van der Waals surface area contributed by atoms with Crippen molar-refractivity contribution in [2.24, 2.45) is 7.05 Å². The Hall–Kier alpha value is -1.72. The quantitative estimate of drug-likeness (QED) is 0.789. The molecule has 0 unspecified atom stereocenters. The van der Waals surface area contributed by atoms with Gasteiger partial charge in [0.1, 0.15) is 11.4 Å². The number of aromatic nitrogens is 2. The molecule has 16 heavy (non-hydrogen) atoms. The highest BCUT2D eigenvalue weighted by Crippen LogP contribution is 2.09. The maximum absolute atomic E-state index is 11.3. The molecular weight excluding hydrogens is 208 g/mol. The van der Waals surface area contributed by atoms with Crippen LogP contribution in [0.25, 0.3) is 0 Å². The summed E-state index contributed by atoms with van der Waals surface area (Å²) in [5.41, 5.74) is 5.91. The zero-order valence-corrected chi connectivity index (χ0v) is 10.1. The van der Waals surface area contributed by atoms with Crippen LogP contribution >= 0.6 is 0 Å². The minimum Gasteiger partial charge on any atom is -0.444 e. The molecule has 0 aromatic carbocycles. The topological polar surface area (TPSA) is 82.2 Å². The Labute approximate surface area is 94.8 Å². The first-order chi connectivity index (χ1) is 7.28. The second-order valence-electron chi connectivity index (χ2n) is 4.57. The fourth-order valence-electron chi connectivity index (χ4n) is 1.17. The van der Waals surface area contributed by atoms with Gasteiger partial charge in [-0.05, 0) is 20.8 Å². The Kier molecular flexibility index (Phi) is 3.41. The molecule has 1 aromatic rings. The van der Waals surface area contributed by atoms with Gasteiger partial charge in [0.25, 0.3) is 0 Å². The summed E-state index contributed by atoms with van der Waals surface area (Å²) in [5.74, 6) is 0.415. The number of ether oxygens (including phenoxy) is 1. The summed E-state index contributed by atoms with van der Waals surface area (Å²) in [5, 5.41) is 6.58. The number of alkyl carbamates (subject to hydrolysis) is 1. The second kappa shape index (κ2) is 4.42. The van der Waals surface area contributed by atoms with Crippen molar-refractivity contribution in [1.82, 2.24) is 15.1 Å². The van der Waals surface area contributed by atoms with E-state index in [0.29, 0.717) is 12.4 Å². The van der Waals surface area contributed by atoms with E-state index in [1.54, 1.807) is 17.9 Å². The lowest BCUT2D eigenvalue weighted by Gasteiger charge is -2.19. The third-order valence-corrected chi connectivity index (χ3v) is 1.76. The second-order valence-corrected chi connectivity index (χ2v) is 4.57. The van der Waals surface area contributed by atoms with Crippen LogP contribution in [0.2, 0.25) is 0 Å². The van der Waals surface area contributed by atoms with Crippen LogP contribution in [0.4, 0.5) is 10.6 Å². The van der Waals surface area contributed by atoms with Crippen LogP contribution in [0, 0.1) is 0 Å². The van der Waals surface area contributed by atoms with Crippen molar-refractivity contribution in [2.45, 2.75) is 32.9 Å². The maximum Gasteiger partial charge on any atom is 0.407 e. The Morgan fingerprint density at radius 1 is 1.62 bits per heavy atom. The van der Waals surface area contributed by atoms with Gasteiger partial charge in [0.05, 0.1) is 6.54 Å². The Morgan fingerprint density at radius 2 is 2.25 bits per heavy atom. The van der Waals surface area contributed by atoms with Crippen LogP contribution in [-0.2, 0) is 18.3 Å². The zero-order chi connectivity index (χ0) is 12.3. The number of amides is 1. The van der Waals surface area contributed by atoms with Gasteiger partial charge in [0.2, 0.25) is 0 Å². The number of nitrogens with two attached hydrogens (primary N) is 1. The Balaban J connectivity index is 2.46. The number of rotatable bonds is 2. The number of carbonyl (C=O) groups excluding carboxylic acids is 1. The van der Waals surface area contributed by atoms with Gasteiger partial charge < -0.3 is 15.8 Å². The normalized spacial score (nSPS) is 11.2. The highest BCUT2D eigenvalue weighted by Gasteiger charge is 2.16. The molecule has 0 aliphatic rings. The van der Waals surface area contributed by atoms with E-state index in [9.17, 15) is 4.79 Å². The van der Waals surface area contributed by atoms with Crippen LogP contribution in [0.5, 0.6) is 0 Å². The molecule has 0 bridgehead atoms. The Morgan fingerprint density at radius 3 is 2.69 bits per heavy atom. The number of aryl methyl sites for hydroxylation is 1. The third kappa shape index (κ3) is 3.80. The number of nitrogens with one attached hydrogen (secondary N) is 1. The van der Waals surface area contributed by atoms with Crippen LogP contribution in [0.1, 0.15) is 26.3 Å². The minimum atomic E-state index is -0.495. The molecule has 0 aliphatic carbocycles. The van der Waals surface area contributed by atoms with Gasteiger partial charge >= 0.3 is 6.09 Å². The van der Waals surface area contributed by atoms with Crippen molar-refractivity contribution < 1.29 is 9.53 Å². The van der Waals surface area contributed by atoms with E-state index < -0.39 is 11.7 Å². The molecule has 0 aliphatic heterocycles. The largest absolute Gasteiger partial charge is 0.444 e. The number of anilines is 1.